The number of hydrogen-bond donors (Lipinski definition) is 1. The van der Waals surface area contributed by atoms with E-state index < -0.39 is 5.97 Å². The van der Waals surface area contributed by atoms with E-state index in [0.717, 1.165) is 18.6 Å². The predicted molar refractivity (Wildman–Crippen MR) is 85.3 cm³/mol. The summed E-state index contributed by atoms with van der Waals surface area (Å²) in [4.78, 5) is 13.8. The van der Waals surface area contributed by atoms with Crippen molar-refractivity contribution in [3.8, 4) is 0 Å². The molecule has 0 bridgehead atoms. The Morgan fingerprint density at radius 3 is 2.50 bits per heavy atom. The topological polar surface area (TPSA) is 40.5 Å². The SMILES string of the molecule is CN(C1CSCC(C)(C)C1)C1(CC(=O)O)CCCCC1. The molecule has 3 nitrogen and oxygen atoms in total. The number of carboxylic acids is 1. The third-order valence-corrected chi connectivity index (χ3v) is 6.76. The summed E-state index contributed by atoms with van der Waals surface area (Å²) in [6.45, 7) is 4.68. The highest BCUT2D eigenvalue weighted by atomic mass is 32.2. The lowest BCUT2D eigenvalue weighted by atomic mass is 9.76. The van der Waals surface area contributed by atoms with E-state index in [4.69, 9.17) is 0 Å². The van der Waals surface area contributed by atoms with E-state index in [2.05, 4.69) is 25.8 Å². The molecule has 0 amide bonds. The number of rotatable bonds is 4. The van der Waals surface area contributed by atoms with E-state index in [9.17, 15) is 9.90 Å². The second-order valence-corrected chi connectivity index (χ2v) is 8.53. The minimum atomic E-state index is -0.638. The van der Waals surface area contributed by atoms with Crippen LogP contribution in [0.15, 0.2) is 0 Å². The normalized spacial score (nSPS) is 29.3. The summed E-state index contributed by atoms with van der Waals surface area (Å²) in [6, 6.07) is 0.529. The lowest BCUT2D eigenvalue weighted by Crippen LogP contribution is -2.56. The van der Waals surface area contributed by atoms with Crippen LogP contribution in [0, 0.1) is 5.41 Å². The van der Waals surface area contributed by atoms with Crippen LogP contribution in [0.1, 0.15) is 58.8 Å². The second kappa shape index (κ2) is 6.27. The quantitative estimate of drug-likeness (QED) is 0.860. The van der Waals surface area contributed by atoms with Gasteiger partial charge in [-0.2, -0.15) is 11.8 Å². The fourth-order valence-electron chi connectivity index (χ4n) is 4.01. The number of nitrogens with zero attached hydrogens (tertiary/aromatic N) is 1. The van der Waals surface area contributed by atoms with Crippen molar-refractivity contribution in [1.82, 2.24) is 4.90 Å². The highest BCUT2D eigenvalue weighted by molar-refractivity contribution is 7.99. The van der Waals surface area contributed by atoms with Gasteiger partial charge in [0.25, 0.3) is 0 Å². The maximum absolute atomic E-state index is 11.4. The minimum Gasteiger partial charge on any atom is -0.481 e. The monoisotopic (exact) mass is 299 g/mol. The molecule has 116 valence electrons. The number of thioether (sulfide) groups is 1. The molecule has 0 radical (unpaired) electrons. The van der Waals surface area contributed by atoms with Gasteiger partial charge in [0.05, 0.1) is 6.42 Å². The third-order valence-electron chi connectivity index (χ3n) is 5.15. The van der Waals surface area contributed by atoms with Crippen LogP contribution < -0.4 is 0 Å². The maximum atomic E-state index is 11.4. The third kappa shape index (κ3) is 3.70. The summed E-state index contributed by atoms with van der Waals surface area (Å²) < 4.78 is 0. The van der Waals surface area contributed by atoms with Crippen LogP contribution in [0.4, 0.5) is 0 Å². The molecule has 1 saturated carbocycles. The van der Waals surface area contributed by atoms with Gasteiger partial charge in [-0.25, -0.2) is 0 Å². The van der Waals surface area contributed by atoms with E-state index in [1.807, 2.05) is 11.8 Å². The Bertz CT molecular complexity index is 350. The van der Waals surface area contributed by atoms with Crippen molar-refractivity contribution in [2.24, 2.45) is 5.41 Å². The minimum absolute atomic E-state index is 0.0945. The molecule has 4 heteroatoms. The van der Waals surface area contributed by atoms with Crippen LogP contribution in [0.3, 0.4) is 0 Å². The fraction of sp³-hybridized carbons (Fsp3) is 0.938. The van der Waals surface area contributed by atoms with Gasteiger partial charge in [0, 0.05) is 17.3 Å². The largest absolute Gasteiger partial charge is 0.481 e. The molecule has 0 spiro atoms. The van der Waals surface area contributed by atoms with Gasteiger partial charge in [-0.1, -0.05) is 33.1 Å². The average molecular weight is 299 g/mol. The van der Waals surface area contributed by atoms with Gasteiger partial charge in [0.1, 0.15) is 0 Å². The Hall–Kier alpha value is -0.220. The van der Waals surface area contributed by atoms with E-state index in [-0.39, 0.29) is 5.54 Å². The van der Waals surface area contributed by atoms with Gasteiger partial charge >= 0.3 is 5.97 Å². The first-order valence-corrected chi connectivity index (χ1v) is 9.03. The first-order chi connectivity index (χ1) is 9.35. The first kappa shape index (κ1) is 16.2. The van der Waals surface area contributed by atoms with Crippen LogP contribution in [0.25, 0.3) is 0 Å². The Kier molecular flexibility index (Phi) is 5.06. The van der Waals surface area contributed by atoms with Crippen LogP contribution >= 0.6 is 11.8 Å². The molecule has 1 N–H and O–H groups in total. The summed E-state index contributed by atoms with van der Waals surface area (Å²) in [6.07, 6.45) is 7.24. The van der Waals surface area contributed by atoms with Gasteiger partial charge in [0.2, 0.25) is 0 Å². The molecule has 0 aromatic carbocycles. The van der Waals surface area contributed by atoms with Gasteiger partial charge in [-0.05, 0) is 37.5 Å². The summed E-state index contributed by atoms with van der Waals surface area (Å²) in [5.41, 5.74) is 0.281. The van der Waals surface area contributed by atoms with Crippen LogP contribution in [0.5, 0.6) is 0 Å². The second-order valence-electron chi connectivity index (χ2n) is 7.50. The zero-order valence-corrected chi connectivity index (χ0v) is 14.0. The van der Waals surface area contributed by atoms with Crippen molar-refractivity contribution in [3.63, 3.8) is 0 Å². The summed E-state index contributed by atoms with van der Waals surface area (Å²) in [5.74, 6) is 1.74. The highest BCUT2D eigenvalue weighted by Crippen LogP contribution is 2.42. The zero-order valence-electron chi connectivity index (χ0n) is 13.2. The molecule has 1 atom stereocenters. The summed E-state index contributed by atoms with van der Waals surface area (Å²) >= 11 is 2.03. The Morgan fingerprint density at radius 1 is 1.30 bits per heavy atom. The van der Waals surface area contributed by atoms with E-state index >= 15 is 0 Å². The summed E-state index contributed by atoms with van der Waals surface area (Å²) in [7, 11) is 2.18. The van der Waals surface area contributed by atoms with Crippen molar-refractivity contribution >= 4 is 17.7 Å². The number of aliphatic carboxylic acids is 1. The standard InChI is InChI=1S/C16H29NO2S/c1-15(2)9-13(11-20-12-15)17(3)16(10-14(18)19)7-5-4-6-8-16/h13H,4-12H2,1-3H3,(H,18,19). The summed E-state index contributed by atoms with van der Waals surface area (Å²) in [5, 5.41) is 9.35. The molecular formula is C16H29NO2S. The van der Waals surface area contributed by atoms with Crippen molar-refractivity contribution in [2.45, 2.75) is 70.4 Å². The van der Waals surface area contributed by atoms with E-state index in [0.29, 0.717) is 17.9 Å². The van der Waals surface area contributed by atoms with Crippen molar-refractivity contribution in [3.05, 3.63) is 0 Å². The van der Waals surface area contributed by atoms with Crippen molar-refractivity contribution in [1.29, 1.82) is 0 Å². The fourth-order valence-corrected chi connectivity index (χ4v) is 5.41. The Balaban J connectivity index is 2.13. The smallest absolute Gasteiger partial charge is 0.305 e. The number of carbonyl (C=O) groups is 1. The molecule has 2 aliphatic rings. The predicted octanol–water partition coefficient (Wildman–Crippen LogP) is 3.63. The molecular weight excluding hydrogens is 270 g/mol. The maximum Gasteiger partial charge on any atom is 0.305 e. The molecule has 0 aromatic heterocycles. The highest BCUT2D eigenvalue weighted by Gasteiger charge is 2.43. The first-order valence-electron chi connectivity index (χ1n) is 7.87. The van der Waals surface area contributed by atoms with Crippen molar-refractivity contribution < 1.29 is 9.90 Å². The van der Waals surface area contributed by atoms with Gasteiger partial charge < -0.3 is 5.11 Å². The Labute approximate surface area is 127 Å². The lowest BCUT2D eigenvalue weighted by Gasteiger charge is -2.50. The van der Waals surface area contributed by atoms with Gasteiger partial charge in [0.15, 0.2) is 0 Å². The molecule has 0 aromatic rings. The van der Waals surface area contributed by atoms with Crippen LogP contribution in [-0.4, -0.2) is 46.1 Å². The van der Waals surface area contributed by atoms with E-state index in [1.165, 1.54) is 31.4 Å². The van der Waals surface area contributed by atoms with Gasteiger partial charge in [-0.15, -0.1) is 0 Å². The lowest BCUT2D eigenvalue weighted by molar-refractivity contribution is -0.141. The molecule has 2 fully saturated rings. The van der Waals surface area contributed by atoms with Crippen LogP contribution in [-0.2, 0) is 4.79 Å². The van der Waals surface area contributed by atoms with Gasteiger partial charge in [-0.3, -0.25) is 9.69 Å². The van der Waals surface area contributed by atoms with Crippen molar-refractivity contribution in [2.75, 3.05) is 18.6 Å². The molecule has 1 aliphatic carbocycles. The number of hydrogen-bond acceptors (Lipinski definition) is 3. The molecule has 1 aliphatic heterocycles. The molecule has 1 heterocycles. The molecule has 1 saturated heterocycles. The molecule has 1 unspecified atom stereocenters. The Morgan fingerprint density at radius 2 is 1.95 bits per heavy atom. The van der Waals surface area contributed by atoms with Crippen LogP contribution in [0.2, 0.25) is 0 Å². The van der Waals surface area contributed by atoms with E-state index in [1.54, 1.807) is 0 Å². The zero-order chi connectivity index (χ0) is 14.8. The molecule has 20 heavy (non-hydrogen) atoms. The average Bonchev–Trinajstić information content (AvgIpc) is 2.37. The molecule has 2 rings (SSSR count). The number of carboxylic acid groups (broad SMARTS) is 1.